The van der Waals surface area contributed by atoms with E-state index in [2.05, 4.69) is 11.1 Å². The third-order valence-corrected chi connectivity index (χ3v) is 3.32. The van der Waals surface area contributed by atoms with Gasteiger partial charge in [0.1, 0.15) is 16.7 Å². The first-order valence-electron chi connectivity index (χ1n) is 6.35. The number of para-hydroxylation sites is 2. The SMILES string of the molecule is N#Cc1cc(Cl)nc(N2CCCOc3ccccc32)c1. The fraction of sp³-hybridized carbons (Fsp3) is 0.200. The number of hydrogen-bond donors (Lipinski definition) is 0. The largest absolute Gasteiger partial charge is 0.491 e. The minimum absolute atomic E-state index is 0.321. The Bertz CT molecular complexity index is 681. The molecule has 4 nitrogen and oxygen atoms in total. The number of rotatable bonds is 1. The topological polar surface area (TPSA) is 49.2 Å². The summed E-state index contributed by atoms with van der Waals surface area (Å²) >= 11 is 6.00. The van der Waals surface area contributed by atoms with Crippen molar-refractivity contribution in [3.05, 3.63) is 47.1 Å². The molecule has 0 unspecified atom stereocenters. The standard InChI is InChI=1S/C15H12ClN3O/c16-14-8-11(10-17)9-15(18-14)19-6-3-7-20-13-5-2-1-4-12(13)19/h1-2,4-5,8-9H,3,6-7H2. The Labute approximate surface area is 122 Å². The van der Waals surface area contributed by atoms with Gasteiger partial charge in [-0.15, -0.1) is 0 Å². The number of fused-ring (bicyclic) bond motifs is 1. The molecular formula is C15H12ClN3O. The van der Waals surface area contributed by atoms with Gasteiger partial charge >= 0.3 is 0 Å². The predicted octanol–water partition coefficient (Wildman–Crippen LogP) is 3.53. The van der Waals surface area contributed by atoms with Crippen LogP contribution >= 0.6 is 11.6 Å². The van der Waals surface area contributed by atoms with Crippen molar-refractivity contribution < 1.29 is 4.74 Å². The van der Waals surface area contributed by atoms with Gasteiger partial charge in [-0.1, -0.05) is 23.7 Å². The molecule has 0 saturated heterocycles. The number of aromatic nitrogens is 1. The smallest absolute Gasteiger partial charge is 0.142 e. The Morgan fingerprint density at radius 1 is 1.30 bits per heavy atom. The number of nitrogens with zero attached hydrogens (tertiary/aromatic N) is 3. The summed E-state index contributed by atoms with van der Waals surface area (Å²) in [5.41, 5.74) is 1.45. The average molecular weight is 286 g/mol. The lowest BCUT2D eigenvalue weighted by Crippen LogP contribution is -2.19. The second-order valence-electron chi connectivity index (χ2n) is 4.47. The van der Waals surface area contributed by atoms with Gasteiger partial charge in [-0.2, -0.15) is 5.26 Å². The molecule has 0 aliphatic carbocycles. The molecule has 3 rings (SSSR count). The molecule has 0 atom stereocenters. The summed E-state index contributed by atoms with van der Waals surface area (Å²) in [6, 6.07) is 13.2. The highest BCUT2D eigenvalue weighted by Crippen LogP contribution is 2.35. The average Bonchev–Trinajstić information content (AvgIpc) is 2.69. The van der Waals surface area contributed by atoms with Crippen molar-refractivity contribution in [2.24, 2.45) is 0 Å². The van der Waals surface area contributed by atoms with Crippen LogP contribution in [0.2, 0.25) is 5.15 Å². The first-order valence-corrected chi connectivity index (χ1v) is 6.73. The van der Waals surface area contributed by atoms with Crippen molar-refractivity contribution in [3.63, 3.8) is 0 Å². The highest BCUT2D eigenvalue weighted by atomic mass is 35.5. The Morgan fingerprint density at radius 3 is 3.00 bits per heavy atom. The third-order valence-electron chi connectivity index (χ3n) is 3.13. The zero-order valence-electron chi connectivity index (χ0n) is 10.7. The maximum atomic E-state index is 9.06. The lowest BCUT2D eigenvalue weighted by atomic mass is 10.2. The van der Waals surface area contributed by atoms with Crippen molar-refractivity contribution in [2.75, 3.05) is 18.1 Å². The molecule has 0 fully saturated rings. The van der Waals surface area contributed by atoms with Crippen LogP contribution in [0.25, 0.3) is 0 Å². The highest BCUT2D eigenvalue weighted by Gasteiger charge is 2.19. The van der Waals surface area contributed by atoms with E-state index in [-0.39, 0.29) is 0 Å². The molecule has 1 aromatic heterocycles. The summed E-state index contributed by atoms with van der Waals surface area (Å²) in [5.74, 6) is 1.50. The molecule has 0 amide bonds. The molecule has 20 heavy (non-hydrogen) atoms. The Hall–Kier alpha value is -2.25. The molecule has 0 bridgehead atoms. The Balaban J connectivity index is 2.10. The van der Waals surface area contributed by atoms with Crippen LogP contribution in [0.3, 0.4) is 0 Å². The van der Waals surface area contributed by atoms with Crippen LogP contribution in [-0.4, -0.2) is 18.1 Å². The van der Waals surface area contributed by atoms with Crippen molar-refractivity contribution in [1.29, 1.82) is 5.26 Å². The molecular weight excluding hydrogens is 274 g/mol. The van der Waals surface area contributed by atoms with Gasteiger partial charge in [-0.3, -0.25) is 0 Å². The number of benzene rings is 1. The van der Waals surface area contributed by atoms with E-state index >= 15 is 0 Å². The molecule has 0 N–H and O–H groups in total. The lowest BCUT2D eigenvalue weighted by molar-refractivity contribution is 0.322. The zero-order valence-corrected chi connectivity index (χ0v) is 11.5. The number of pyridine rings is 1. The summed E-state index contributed by atoms with van der Waals surface area (Å²) in [5, 5.41) is 9.38. The molecule has 100 valence electrons. The number of ether oxygens (including phenoxy) is 1. The van der Waals surface area contributed by atoms with Gasteiger partial charge in [0.25, 0.3) is 0 Å². The van der Waals surface area contributed by atoms with Crippen LogP contribution in [0.1, 0.15) is 12.0 Å². The van der Waals surface area contributed by atoms with Crippen LogP contribution in [0.15, 0.2) is 36.4 Å². The molecule has 1 aromatic carbocycles. The molecule has 0 saturated carbocycles. The second kappa shape index (κ2) is 5.40. The third kappa shape index (κ3) is 2.40. The van der Waals surface area contributed by atoms with Crippen LogP contribution in [0.4, 0.5) is 11.5 Å². The van der Waals surface area contributed by atoms with E-state index in [1.54, 1.807) is 12.1 Å². The highest BCUT2D eigenvalue weighted by molar-refractivity contribution is 6.29. The summed E-state index contributed by atoms with van der Waals surface area (Å²) in [7, 11) is 0. The predicted molar refractivity (Wildman–Crippen MR) is 77.5 cm³/mol. The van der Waals surface area contributed by atoms with E-state index in [0.717, 1.165) is 24.4 Å². The first-order chi connectivity index (χ1) is 9.78. The second-order valence-corrected chi connectivity index (χ2v) is 4.86. The molecule has 2 heterocycles. The van der Waals surface area contributed by atoms with Crippen LogP contribution in [0.5, 0.6) is 5.75 Å². The lowest BCUT2D eigenvalue weighted by Gasteiger charge is -2.22. The van der Waals surface area contributed by atoms with E-state index in [9.17, 15) is 0 Å². The van der Waals surface area contributed by atoms with Crippen LogP contribution in [0, 0.1) is 11.3 Å². The van der Waals surface area contributed by atoms with Gasteiger partial charge in [0, 0.05) is 6.54 Å². The number of anilines is 2. The summed E-state index contributed by atoms with van der Waals surface area (Å²) in [6.45, 7) is 1.44. The van der Waals surface area contributed by atoms with Gasteiger partial charge in [0.15, 0.2) is 0 Å². The monoisotopic (exact) mass is 285 g/mol. The van der Waals surface area contributed by atoms with Crippen molar-refractivity contribution >= 4 is 23.1 Å². The van der Waals surface area contributed by atoms with Crippen molar-refractivity contribution in [2.45, 2.75) is 6.42 Å². The molecule has 1 aliphatic rings. The minimum Gasteiger partial charge on any atom is -0.491 e. The number of nitriles is 1. The molecule has 0 radical (unpaired) electrons. The van der Waals surface area contributed by atoms with Crippen molar-refractivity contribution in [1.82, 2.24) is 4.98 Å². The number of halogens is 1. The van der Waals surface area contributed by atoms with Gasteiger partial charge in [-0.25, -0.2) is 4.98 Å². The normalized spacial score (nSPS) is 13.9. The molecule has 2 aromatic rings. The fourth-order valence-electron chi connectivity index (χ4n) is 2.25. The van der Waals surface area contributed by atoms with E-state index in [1.165, 1.54) is 0 Å². The summed E-state index contributed by atoms with van der Waals surface area (Å²) in [4.78, 5) is 6.37. The van der Waals surface area contributed by atoms with Gasteiger partial charge in [0.05, 0.1) is 23.9 Å². The quantitative estimate of drug-likeness (QED) is 0.752. The van der Waals surface area contributed by atoms with Gasteiger partial charge in [0.2, 0.25) is 0 Å². The van der Waals surface area contributed by atoms with Crippen molar-refractivity contribution in [3.8, 4) is 11.8 Å². The minimum atomic E-state index is 0.321. The fourth-order valence-corrected chi connectivity index (χ4v) is 2.46. The Morgan fingerprint density at radius 2 is 2.15 bits per heavy atom. The Kier molecular flexibility index (Phi) is 3.44. The van der Waals surface area contributed by atoms with Gasteiger partial charge < -0.3 is 9.64 Å². The molecule has 1 aliphatic heterocycles. The molecule has 5 heteroatoms. The van der Waals surface area contributed by atoms with E-state index in [4.69, 9.17) is 21.6 Å². The maximum Gasteiger partial charge on any atom is 0.142 e. The van der Waals surface area contributed by atoms with Crippen LogP contribution in [-0.2, 0) is 0 Å². The first kappa shape index (κ1) is 12.8. The zero-order chi connectivity index (χ0) is 13.9. The number of hydrogen-bond acceptors (Lipinski definition) is 4. The van der Waals surface area contributed by atoms with E-state index in [0.29, 0.717) is 23.1 Å². The summed E-state index contributed by atoms with van der Waals surface area (Å²) in [6.07, 6.45) is 0.880. The van der Waals surface area contributed by atoms with E-state index in [1.807, 2.05) is 29.2 Å². The van der Waals surface area contributed by atoms with E-state index < -0.39 is 0 Å². The maximum absolute atomic E-state index is 9.06. The van der Waals surface area contributed by atoms with Crippen LogP contribution < -0.4 is 9.64 Å². The summed E-state index contributed by atoms with van der Waals surface area (Å²) < 4.78 is 5.72. The van der Waals surface area contributed by atoms with Gasteiger partial charge in [-0.05, 0) is 30.7 Å². The molecule has 0 spiro atoms.